The maximum absolute atomic E-state index is 14.5. The van der Waals surface area contributed by atoms with Gasteiger partial charge in [-0.2, -0.15) is 0 Å². The van der Waals surface area contributed by atoms with E-state index in [1.807, 2.05) is 18.2 Å². The number of aryl methyl sites for hydroxylation is 2. The molecule has 3 aromatic rings. The van der Waals surface area contributed by atoms with Crippen LogP contribution in [-0.2, 0) is 12.8 Å². The number of halogens is 1. The van der Waals surface area contributed by atoms with E-state index >= 15 is 0 Å². The molecule has 1 aliphatic heterocycles. The van der Waals surface area contributed by atoms with Crippen LogP contribution in [-0.4, -0.2) is 19.7 Å². The summed E-state index contributed by atoms with van der Waals surface area (Å²) >= 11 is 0. The molecule has 1 aromatic carbocycles. The highest BCUT2D eigenvalue weighted by Crippen LogP contribution is 2.30. The summed E-state index contributed by atoms with van der Waals surface area (Å²) in [6.07, 6.45) is 6.58. The van der Waals surface area contributed by atoms with E-state index < -0.39 is 0 Å². The van der Waals surface area contributed by atoms with Gasteiger partial charge in [0.2, 0.25) is 0 Å². The predicted molar refractivity (Wildman–Crippen MR) is 72.0 cm³/mol. The molecule has 0 bridgehead atoms. The Kier molecular flexibility index (Phi) is 2.39. The number of aromatic nitrogens is 4. The second-order valence-corrected chi connectivity index (χ2v) is 4.82. The fourth-order valence-electron chi connectivity index (χ4n) is 2.68. The normalized spacial score (nSPS) is 12.8. The van der Waals surface area contributed by atoms with Gasteiger partial charge in [-0.25, -0.2) is 4.39 Å². The number of nitrogens with zero attached hydrogens (tertiary/aromatic N) is 4. The van der Waals surface area contributed by atoms with Gasteiger partial charge in [-0.1, -0.05) is 6.07 Å². The molecule has 0 atom stereocenters. The zero-order chi connectivity index (χ0) is 13.5. The van der Waals surface area contributed by atoms with Crippen molar-refractivity contribution in [1.82, 2.24) is 19.7 Å². The van der Waals surface area contributed by atoms with Crippen LogP contribution in [0.5, 0.6) is 0 Å². The molecular weight excluding hydrogens is 255 g/mol. The van der Waals surface area contributed by atoms with Crippen LogP contribution in [0.4, 0.5) is 4.39 Å². The van der Waals surface area contributed by atoms with Crippen LogP contribution in [0.3, 0.4) is 0 Å². The average molecular weight is 266 g/mol. The third kappa shape index (κ3) is 1.63. The molecule has 1 aliphatic rings. The van der Waals surface area contributed by atoms with E-state index in [1.54, 1.807) is 29.4 Å². The first-order valence-corrected chi connectivity index (χ1v) is 6.45. The number of hydrogen-bond acceptors (Lipinski definition) is 3. The van der Waals surface area contributed by atoms with Crippen molar-refractivity contribution in [2.75, 3.05) is 0 Å². The summed E-state index contributed by atoms with van der Waals surface area (Å²) in [7, 11) is 0. The number of rotatable bonds is 1. The molecule has 20 heavy (non-hydrogen) atoms. The Hall–Kier alpha value is -2.56. The van der Waals surface area contributed by atoms with Crippen molar-refractivity contribution >= 4 is 0 Å². The van der Waals surface area contributed by atoms with Crippen LogP contribution < -0.4 is 0 Å². The third-order valence-corrected chi connectivity index (χ3v) is 3.61. The van der Waals surface area contributed by atoms with Gasteiger partial charge < -0.3 is 0 Å². The highest BCUT2D eigenvalue weighted by Gasteiger charge is 2.21. The van der Waals surface area contributed by atoms with E-state index in [0.717, 1.165) is 35.4 Å². The van der Waals surface area contributed by atoms with Gasteiger partial charge in [-0.15, -0.1) is 10.2 Å². The molecule has 0 unspecified atom stereocenters. The SMILES string of the molecule is Fc1cc(-c2cccnc2)cc2c1-n1cnnc1CC2. The second-order valence-electron chi connectivity index (χ2n) is 4.82. The first-order valence-electron chi connectivity index (χ1n) is 6.45. The van der Waals surface area contributed by atoms with Crippen LogP contribution in [0.1, 0.15) is 11.4 Å². The summed E-state index contributed by atoms with van der Waals surface area (Å²) in [5.74, 6) is 0.563. The summed E-state index contributed by atoms with van der Waals surface area (Å²) in [5.41, 5.74) is 3.33. The average Bonchev–Trinajstić information content (AvgIpc) is 2.96. The van der Waals surface area contributed by atoms with Crippen molar-refractivity contribution < 1.29 is 4.39 Å². The van der Waals surface area contributed by atoms with Crippen LogP contribution in [0, 0.1) is 5.82 Å². The van der Waals surface area contributed by atoms with Crippen molar-refractivity contribution in [1.29, 1.82) is 0 Å². The molecule has 0 radical (unpaired) electrons. The number of hydrogen-bond donors (Lipinski definition) is 0. The molecular formula is C15H11FN4. The summed E-state index contributed by atoms with van der Waals surface area (Å²) < 4.78 is 16.2. The minimum absolute atomic E-state index is 0.248. The van der Waals surface area contributed by atoms with E-state index in [1.165, 1.54) is 0 Å². The zero-order valence-corrected chi connectivity index (χ0v) is 10.6. The Morgan fingerprint density at radius 2 is 2.10 bits per heavy atom. The van der Waals surface area contributed by atoms with E-state index in [9.17, 15) is 4.39 Å². The second kappa shape index (κ2) is 4.23. The molecule has 4 nitrogen and oxygen atoms in total. The van der Waals surface area contributed by atoms with Gasteiger partial charge in [0.15, 0.2) is 0 Å². The Bertz CT molecular complexity index is 780. The molecule has 0 saturated carbocycles. The summed E-state index contributed by atoms with van der Waals surface area (Å²) in [6.45, 7) is 0. The lowest BCUT2D eigenvalue weighted by Crippen LogP contribution is -2.13. The number of benzene rings is 1. The smallest absolute Gasteiger partial charge is 0.148 e. The van der Waals surface area contributed by atoms with Crippen LogP contribution in [0.2, 0.25) is 0 Å². The highest BCUT2D eigenvalue weighted by atomic mass is 19.1. The minimum Gasteiger partial charge on any atom is -0.282 e. The lowest BCUT2D eigenvalue weighted by molar-refractivity contribution is 0.604. The molecule has 0 fully saturated rings. The lowest BCUT2D eigenvalue weighted by Gasteiger charge is -2.19. The van der Waals surface area contributed by atoms with Gasteiger partial charge in [0.1, 0.15) is 18.0 Å². The van der Waals surface area contributed by atoms with Crippen LogP contribution in [0.15, 0.2) is 43.0 Å². The van der Waals surface area contributed by atoms with Crippen molar-refractivity contribution in [2.45, 2.75) is 12.8 Å². The van der Waals surface area contributed by atoms with E-state index in [-0.39, 0.29) is 5.82 Å². The minimum atomic E-state index is -0.248. The molecule has 0 N–H and O–H groups in total. The highest BCUT2D eigenvalue weighted by molar-refractivity contribution is 5.66. The van der Waals surface area contributed by atoms with Crippen molar-refractivity contribution in [2.24, 2.45) is 0 Å². The zero-order valence-electron chi connectivity index (χ0n) is 10.6. The fourth-order valence-corrected chi connectivity index (χ4v) is 2.68. The third-order valence-electron chi connectivity index (χ3n) is 3.61. The number of fused-ring (bicyclic) bond motifs is 3. The lowest BCUT2D eigenvalue weighted by atomic mass is 9.97. The summed E-state index contributed by atoms with van der Waals surface area (Å²) in [5, 5.41) is 7.87. The quantitative estimate of drug-likeness (QED) is 0.680. The topological polar surface area (TPSA) is 43.6 Å². The molecule has 0 amide bonds. The predicted octanol–water partition coefficient (Wildman–Crippen LogP) is 2.57. The van der Waals surface area contributed by atoms with E-state index in [4.69, 9.17) is 0 Å². The molecule has 2 aromatic heterocycles. The first-order chi connectivity index (χ1) is 9.83. The molecule has 5 heteroatoms. The van der Waals surface area contributed by atoms with Crippen molar-refractivity contribution in [3.63, 3.8) is 0 Å². The van der Waals surface area contributed by atoms with E-state index in [0.29, 0.717) is 5.69 Å². The van der Waals surface area contributed by atoms with Gasteiger partial charge in [0.05, 0.1) is 5.69 Å². The van der Waals surface area contributed by atoms with Crippen molar-refractivity contribution in [3.8, 4) is 16.8 Å². The fraction of sp³-hybridized carbons (Fsp3) is 0.133. The van der Waals surface area contributed by atoms with Crippen LogP contribution >= 0.6 is 0 Å². The standard InChI is InChI=1S/C15H11FN4/c16-13-7-12(11-2-1-5-17-8-11)6-10-3-4-14-19-18-9-20(14)15(10)13/h1-2,5-9H,3-4H2. The van der Waals surface area contributed by atoms with E-state index in [2.05, 4.69) is 15.2 Å². The molecule has 3 heterocycles. The Labute approximate surface area is 114 Å². The molecule has 0 spiro atoms. The first kappa shape index (κ1) is 11.3. The molecule has 0 saturated heterocycles. The number of pyridine rings is 1. The van der Waals surface area contributed by atoms with Crippen molar-refractivity contribution in [3.05, 3.63) is 60.2 Å². The summed E-state index contributed by atoms with van der Waals surface area (Å²) in [6, 6.07) is 7.36. The van der Waals surface area contributed by atoms with Gasteiger partial charge in [-0.3, -0.25) is 9.55 Å². The molecule has 98 valence electrons. The molecule has 0 aliphatic carbocycles. The maximum atomic E-state index is 14.5. The largest absolute Gasteiger partial charge is 0.282 e. The van der Waals surface area contributed by atoms with Gasteiger partial charge in [-0.05, 0) is 35.7 Å². The summed E-state index contributed by atoms with van der Waals surface area (Å²) in [4.78, 5) is 4.08. The monoisotopic (exact) mass is 266 g/mol. The van der Waals surface area contributed by atoms with Gasteiger partial charge >= 0.3 is 0 Å². The van der Waals surface area contributed by atoms with Gasteiger partial charge in [0, 0.05) is 24.4 Å². The Morgan fingerprint density at radius 3 is 2.95 bits per heavy atom. The maximum Gasteiger partial charge on any atom is 0.148 e. The molecule has 4 rings (SSSR count). The Morgan fingerprint density at radius 1 is 1.15 bits per heavy atom. The van der Waals surface area contributed by atoms with Gasteiger partial charge in [0.25, 0.3) is 0 Å². The Balaban J connectivity index is 1.91. The van der Waals surface area contributed by atoms with Crippen LogP contribution in [0.25, 0.3) is 16.8 Å².